The zero-order chi connectivity index (χ0) is 15.6. The van der Waals surface area contributed by atoms with Crippen LogP contribution in [0.3, 0.4) is 0 Å². The Labute approximate surface area is 127 Å². The van der Waals surface area contributed by atoms with E-state index in [4.69, 9.17) is 5.11 Å². The largest absolute Gasteiger partial charge is 0.481 e. The van der Waals surface area contributed by atoms with Gasteiger partial charge in [-0.2, -0.15) is 0 Å². The first-order chi connectivity index (χ1) is 9.86. The van der Waals surface area contributed by atoms with Crippen molar-refractivity contribution in [3.63, 3.8) is 0 Å². The monoisotopic (exact) mass is 296 g/mol. The van der Waals surface area contributed by atoms with Crippen LogP contribution in [0.1, 0.15) is 46.5 Å². The van der Waals surface area contributed by atoms with Crippen molar-refractivity contribution >= 4 is 11.9 Å². The van der Waals surface area contributed by atoms with Crippen LogP contribution in [0.2, 0.25) is 0 Å². The molecular weight excluding hydrogens is 268 g/mol. The maximum absolute atomic E-state index is 11.9. The minimum atomic E-state index is -0.741. The van der Waals surface area contributed by atoms with Gasteiger partial charge in [0, 0.05) is 37.5 Å². The van der Waals surface area contributed by atoms with E-state index in [1.165, 1.54) is 12.8 Å². The third kappa shape index (κ3) is 4.70. The van der Waals surface area contributed by atoms with Crippen LogP contribution in [0.4, 0.5) is 0 Å². The Bertz CT molecular complexity index is 393. The predicted molar refractivity (Wildman–Crippen MR) is 80.9 cm³/mol. The number of nitrogens with one attached hydrogen (secondary N) is 1. The van der Waals surface area contributed by atoms with Crippen LogP contribution < -0.4 is 5.32 Å². The summed E-state index contributed by atoms with van der Waals surface area (Å²) in [7, 11) is 0. The molecule has 21 heavy (non-hydrogen) atoms. The van der Waals surface area contributed by atoms with Gasteiger partial charge in [0.05, 0.1) is 0 Å². The van der Waals surface area contributed by atoms with Crippen molar-refractivity contribution < 1.29 is 14.7 Å². The Kier molecular flexibility index (Phi) is 5.25. The standard InChI is InChI=1S/C16H28N2O3/c1-10(2)16(21)17-14-6-12(7-15(19)20)8-18(9-14)11(3)13-4-5-13/h10-14H,4-9H2,1-3H3,(H,17,21)(H,19,20). The quantitative estimate of drug-likeness (QED) is 0.783. The van der Waals surface area contributed by atoms with Crippen LogP contribution >= 0.6 is 0 Å². The molecular formula is C16H28N2O3. The number of carbonyl (C=O) groups excluding carboxylic acids is 1. The van der Waals surface area contributed by atoms with Gasteiger partial charge in [-0.05, 0) is 38.0 Å². The minimum absolute atomic E-state index is 0.0286. The molecule has 1 saturated heterocycles. The summed E-state index contributed by atoms with van der Waals surface area (Å²) in [4.78, 5) is 25.3. The number of carboxylic acid groups (broad SMARTS) is 1. The third-order valence-corrected chi connectivity index (χ3v) is 4.78. The Balaban J connectivity index is 1.98. The van der Waals surface area contributed by atoms with Gasteiger partial charge in [0.2, 0.25) is 5.91 Å². The molecule has 3 unspecified atom stereocenters. The maximum atomic E-state index is 11.9. The predicted octanol–water partition coefficient (Wildman–Crippen LogP) is 1.72. The van der Waals surface area contributed by atoms with Crippen molar-refractivity contribution in [3.05, 3.63) is 0 Å². The van der Waals surface area contributed by atoms with Gasteiger partial charge in [-0.25, -0.2) is 0 Å². The van der Waals surface area contributed by atoms with Gasteiger partial charge < -0.3 is 10.4 Å². The smallest absolute Gasteiger partial charge is 0.303 e. The molecule has 0 aromatic carbocycles. The molecule has 2 aliphatic rings. The lowest BCUT2D eigenvalue weighted by atomic mass is 9.89. The zero-order valence-corrected chi connectivity index (χ0v) is 13.3. The van der Waals surface area contributed by atoms with Gasteiger partial charge in [-0.15, -0.1) is 0 Å². The number of carbonyl (C=O) groups is 2. The molecule has 0 radical (unpaired) electrons. The molecule has 3 atom stereocenters. The van der Waals surface area contributed by atoms with E-state index >= 15 is 0 Å². The highest BCUT2D eigenvalue weighted by atomic mass is 16.4. The van der Waals surface area contributed by atoms with Crippen molar-refractivity contribution in [1.82, 2.24) is 10.2 Å². The molecule has 0 bridgehead atoms. The average molecular weight is 296 g/mol. The number of rotatable bonds is 6. The number of carboxylic acids is 1. The summed E-state index contributed by atoms with van der Waals surface area (Å²) in [5.41, 5.74) is 0. The van der Waals surface area contributed by atoms with Gasteiger partial charge >= 0.3 is 5.97 Å². The fourth-order valence-corrected chi connectivity index (χ4v) is 3.32. The number of amides is 1. The fraction of sp³-hybridized carbons (Fsp3) is 0.875. The minimum Gasteiger partial charge on any atom is -0.481 e. The summed E-state index contributed by atoms with van der Waals surface area (Å²) in [5.74, 6) is 0.189. The Morgan fingerprint density at radius 1 is 1.24 bits per heavy atom. The van der Waals surface area contributed by atoms with E-state index in [0.717, 1.165) is 25.4 Å². The highest BCUT2D eigenvalue weighted by Crippen LogP contribution is 2.36. The van der Waals surface area contributed by atoms with Gasteiger partial charge in [-0.3, -0.25) is 14.5 Å². The molecule has 0 spiro atoms. The normalized spacial score (nSPS) is 28.4. The highest BCUT2D eigenvalue weighted by molar-refractivity contribution is 5.78. The molecule has 2 rings (SSSR count). The molecule has 2 N–H and O–H groups in total. The number of hydrogen-bond donors (Lipinski definition) is 2. The van der Waals surface area contributed by atoms with Crippen LogP contribution in [-0.2, 0) is 9.59 Å². The number of likely N-dealkylation sites (tertiary alicyclic amines) is 1. The SMILES string of the molecule is CC(C)C(=O)NC1CC(CC(=O)O)CN(C(C)C2CC2)C1. The molecule has 120 valence electrons. The first kappa shape index (κ1) is 16.3. The van der Waals surface area contributed by atoms with E-state index in [9.17, 15) is 9.59 Å². The van der Waals surface area contributed by atoms with Gasteiger partial charge in [0.1, 0.15) is 0 Å². The van der Waals surface area contributed by atoms with Gasteiger partial charge in [-0.1, -0.05) is 13.8 Å². The molecule has 0 aromatic rings. The summed E-state index contributed by atoms with van der Waals surface area (Å²) in [5, 5.41) is 12.2. The topological polar surface area (TPSA) is 69.6 Å². The second-order valence-electron chi connectivity index (χ2n) is 7.09. The van der Waals surface area contributed by atoms with Gasteiger partial charge in [0.25, 0.3) is 0 Å². The maximum Gasteiger partial charge on any atom is 0.303 e. The van der Waals surface area contributed by atoms with E-state index in [0.29, 0.717) is 6.04 Å². The Morgan fingerprint density at radius 2 is 1.90 bits per heavy atom. The Morgan fingerprint density at radius 3 is 2.43 bits per heavy atom. The molecule has 1 aliphatic heterocycles. The highest BCUT2D eigenvalue weighted by Gasteiger charge is 2.37. The molecule has 5 nitrogen and oxygen atoms in total. The van der Waals surface area contributed by atoms with Gasteiger partial charge in [0.15, 0.2) is 0 Å². The molecule has 2 fully saturated rings. The second-order valence-corrected chi connectivity index (χ2v) is 7.09. The second kappa shape index (κ2) is 6.77. The molecule has 1 amide bonds. The number of aliphatic carboxylic acids is 1. The lowest BCUT2D eigenvalue weighted by Gasteiger charge is -2.41. The molecule has 1 saturated carbocycles. The number of hydrogen-bond acceptors (Lipinski definition) is 3. The molecule has 5 heteroatoms. The molecule has 1 aliphatic carbocycles. The first-order valence-electron chi connectivity index (χ1n) is 8.13. The number of piperidine rings is 1. The van der Waals surface area contributed by atoms with E-state index in [-0.39, 0.29) is 30.2 Å². The van der Waals surface area contributed by atoms with Crippen molar-refractivity contribution in [1.29, 1.82) is 0 Å². The summed E-state index contributed by atoms with van der Waals surface area (Å²) in [6, 6.07) is 0.583. The van der Waals surface area contributed by atoms with Crippen molar-refractivity contribution in [2.24, 2.45) is 17.8 Å². The third-order valence-electron chi connectivity index (χ3n) is 4.78. The van der Waals surface area contributed by atoms with E-state index in [1.54, 1.807) is 0 Å². The number of nitrogens with zero attached hydrogens (tertiary/aromatic N) is 1. The molecule has 0 aromatic heterocycles. The van der Waals surface area contributed by atoms with E-state index in [1.807, 2.05) is 13.8 Å². The Hall–Kier alpha value is -1.10. The van der Waals surface area contributed by atoms with Crippen LogP contribution in [0.25, 0.3) is 0 Å². The summed E-state index contributed by atoms with van der Waals surface area (Å²) >= 11 is 0. The summed E-state index contributed by atoms with van der Waals surface area (Å²) < 4.78 is 0. The molecule has 1 heterocycles. The summed E-state index contributed by atoms with van der Waals surface area (Å²) in [6.45, 7) is 7.71. The lowest BCUT2D eigenvalue weighted by Crippen LogP contribution is -2.54. The summed E-state index contributed by atoms with van der Waals surface area (Å²) in [6.07, 6.45) is 3.54. The van der Waals surface area contributed by atoms with Crippen molar-refractivity contribution in [2.45, 2.75) is 58.5 Å². The van der Waals surface area contributed by atoms with Crippen LogP contribution in [0.5, 0.6) is 0 Å². The van der Waals surface area contributed by atoms with E-state index < -0.39 is 5.97 Å². The first-order valence-corrected chi connectivity index (χ1v) is 8.13. The van der Waals surface area contributed by atoms with Crippen LogP contribution in [0, 0.1) is 17.8 Å². The van der Waals surface area contributed by atoms with Crippen LogP contribution in [0.15, 0.2) is 0 Å². The fourth-order valence-electron chi connectivity index (χ4n) is 3.32. The zero-order valence-electron chi connectivity index (χ0n) is 13.3. The van der Waals surface area contributed by atoms with Crippen LogP contribution in [-0.4, -0.2) is 47.1 Å². The van der Waals surface area contributed by atoms with E-state index in [2.05, 4.69) is 17.1 Å². The lowest BCUT2D eigenvalue weighted by molar-refractivity contribution is -0.138. The van der Waals surface area contributed by atoms with Crippen molar-refractivity contribution in [3.8, 4) is 0 Å². The average Bonchev–Trinajstić information content (AvgIpc) is 3.20. The van der Waals surface area contributed by atoms with Crippen molar-refractivity contribution in [2.75, 3.05) is 13.1 Å².